The van der Waals surface area contributed by atoms with Crippen molar-refractivity contribution >= 4 is 11.8 Å². The lowest BCUT2D eigenvalue weighted by molar-refractivity contribution is 0.191. The van der Waals surface area contributed by atoms with Gasteiger partial charge in [0.15, 0.2) is 5.16 Å². The molecule has 0 aliphatic carbocycles. The molecule has 2 aromatic rings. The number of rotatable bonds is 3. The van der Waals surface area contributed by atoms with Crippen LogP contribution in [0, 0.1) is 5.82 Å². The summed E-state index contributed by atoms with van der Waals surface area (Å²) in [5.41, 5.74) is 0.292. The van der Waals surface area contributed by atoms with Crippen molar-refractivity contribution in [2.75, 3.05) is 0 Å². The van der Waals surface area contributed by atoms with Crippen molar-refractivity contribution in [1.29, 1.82) is 0 Å². The number of aryl methyl sites for hydroxylation is 1. The quantitative estimate of drug-likeness (QED) is 0.910. The highest BCUT2D eigenvalue weighted by Crippen LogP contribution is 2.33. The molecule has 0 amide bonds. The number of hydrogen-bond donors (Lipinski definition) is 1. The monoisotopic (exact) mass is 253 g/mol. The molecule has 0 aliphatic heterocycles. The molecule has 1 aromatic carbocycles. The van der Waals surface area contributed by atoms with Gasteiger partial charge in [0, 0.05) is 17.5 Å². The van der Waals surface area contributed by atoms with Gasteiger partial charge in [0.1, 0.15) is 12.1 Å². The molecule has 90 valence electrons. The van der Waals surface area contributed by atoms with Gasteiger partial charge in [-0.05, 0) is 30.8 Å². The van der Waals surface area contributed by atoms with Crippen molar-refractivity contribution in [1.82, 2.24) is 14.8 Å². The Morgan fingerprint density at radius 3 is 2.82 bits per heavy atom. The van der Waals surface area contributed by atoms with Crippen LogP contribution in [0.4, 0.5) is 4.39 Å². The predicted octanol–water partition coefficient (Wildman–Crippen LogP) is 2.16. The number of aromatic nitrogens is 3. The van der Waals surface area contributed by atoms with Crippen molar-refractivity contribution in [3.63, 3.8) is 0 Å². The van der Waals surface area contributed by atoms with Crippen molar-refractivity contribution in [3.8, 4) is 0 Å². The van der Waals surface area contributed by atoms with Crippen LogP contribution in [0.1, 0.15) is 18.6 Å². The smallest absolute Gasteiger partial charge is 0.195 e. The summed E-state index contributed by atoms with van der Waals surface area (Å²) in [6.07, 6.45) is 0.718. The number of halogens is 1. The summed E-state index contributed by atoms with van der Waals surface area (Å²) in [6.45, 7) is 1.54. The zero-order valence-corrected chi connectivity index (χ0v) is 10.3. The van der Waals surface area contributed by atoms with E-state index in [1.807, 2.05) is 7.05 Å². The first-order valence-electron chi connectivity index (χ1n) is 5.08. The Balaban J connectivity index is 2.39. The van der Waals surface area contributed by atoms with E-state index in [1.165, 1.54) is 17.8 Å². The van der Waals surface area contributed by atoms with Crippen LogP contribution < -0.4 is 0 Å². The van der Waals surface area contributed by atoms with Gasteiger partial charge in [-0.1, -0.05) is 6.07 Å². The second-order valence-corrected chi connectivity index (χ2v) is 4.66. The second kappa shape index (κ2) is 4.85. The lowest BCUT2D eigenvalue weighted by atomic mass is 10.1. The van der Waals surface area contributed by atoms with Crippen LogP contribution in [-0.2, 0) is 7.05 Å². The standard InChI is InChI=1S/C11H12FN3OS/c1-7(16)10-8(12)4-3-5-9(10)17-11-14-13-6-15(11)2/h3-7,16H,1-2H3/t7-/m0/s1. The van der Waals surface area contributed by atoms with E-state index < -0.39 is 11.9 Å². The topological polar surface area (TPSA) is 50.9 Å². The summed E-state index contributed by atoms with van der Waals surface area (Å²) in [5.74, 6) is -0.410. The largest absolute Gasteiger partial charge is 0.389 e. The first kappa shape index (κ1) is 12.1. The van der Waals surface area contributed by atoms with Crippen molar-refractivity contribution < 1.29 is 9.50 Å². The van der Waals surface area contributed by atoms with Crippen LogP contribution in [0.3, 0.4) is 0 Å². The number of hydrogen-bond acceptors (Lipinski definition) is 4. The van der Waals surface area contributed by atoms with Crippen molar-refractivity contribution in [2.24, 2.45) is 7.05 Å². The molecule has 4 nitrogen and oxygen atoms in total. The van der Waals surface area contributed by atoms with Gasteiger partial charge in [0.05, 0.1) is 6.10 Å². The number of aliphatic hydroxyl groups is 1. The molecule has 0 spiro atoms. The van der Waals surface area contributed by atoms with E-state index in [0.29, 0.717) is 15.6 Å². The Hall–Kier alpha value is -1.40. The SMILES string of the molecule is C[C@H](O)c1c(F)cccc1Sc1nncn1C. The molecule has 0 unspecified atom stereocenters. The van der Waals surface area contributed by atoms with Gasteiger partial charge in [0.25, 0.3) is 0 Å². The van der Waals surface area contributed by atoms with Gasteiger partial charge in [-0.2, -0.15) is 0 Å². The van der Waals surface area contributed by atoms with E-state index in [2.05, 4.69) is 10.2 Å². The summed E-state index contributed by atoms with van der Waals surface area (Å²) in [6, 6.07) is 4.70. The van der Waals surface area contributed by atoms with Crippen molar-refractivity contribution in [2.45, 2.75) is 23.1 Å². The van der Waals surface area contributed by atoms with Gasteiger partial charge in [-0.25, -0.2) is 4.39 Å². The minimum absolute atomic E-state index is 0.292. The first-order valence-corrected chi connectivity index (χ1v) is 5.89. The third-order valence-corrected chi connectivity index (χ3v) is 3.43. The summed E-state index contributed by atoms with van der Waals surface area (Å²) < 4.78 is 15.4. The van der Waals surface area contributed by atoms with Crippen molar-refractivity contribution in [3.05, 3.63) is 35.9 Å². The summed E-state index contributed by atoms with van der Waals surface area (Å²) in [5, 5.41) is 17.9. The zero-order valence-electron chi connectivity index (χ0n) is 9.46. The third kappa shape index (κ3) is 2.48. The summed E-state index contributed by atoms with van der Waals surface area (Å²) in [7, 11) is 1.81. The van der Waals surface area contributed by atoms with E-state index in [4.69, 9.17) is 0 Å². The van der Waals surface area contributed by atoms with Crippen LogP contribution in [0.15, 0.2) is 34.6 Å². The van der Waals surface area contributed by atoms with Gasteiger partial charge >= 0.3 is 0 Å². The second-order valence-electron chi connectivity index (χ2n) is 3.65. The van der Waals surface area contributed by atoms with E-state index in [1.54, 1.807) is 30.0 Å². The van der Waals surface area contributed by atoms with Crippen LogP contribution in [0.5, 0.6) is 0 Å². The van der Waals surface area contributed by atoms with Crippen LogP contribution in [-0.4, -0.2) is 19.9 Å². The molecule has 0 fully saturated rings. The molecule has 1 heterocycles. The molecule has 17 heavy (non-hydrogen) atoms. The average molecular weight is 253 g/mol. The molecule has 0 bridgehead atoms. The van der Waals surface area contributed by atoms with Crippen LogP contribution in [0.25, 0.3) is 0 Å². The molecule has 0 radical (unpaired) electrons. The fourth-order valence-corrected chi connectivity index (χ4v) is 2.48. The number of benzene rings is 1. The predicted molar refractivity (Wildman–Crippen MR) is 62.2 cm³/mol. The fourth-order valence-electron chi connectivity index (χ4n) is 1.48. The molecule has 6 heteroatoms. The van der Waals surface area contributed by atoms with Gasteiger partial charge in [0.2, 0.25) is 0 Å². The molecule has 2 rings (SSSR count). The summed E-state index contributed by atoms with van der Waals surface area (Å²) in [4.78, 5) is 0.649. The highest BCUT2D eigenvalue weighted by atomic mass is 32.2. The number of aliphatic hydroxyl groups excluding tert-OH is 1. The molecular formula is C11H12FN3OS. The van der Waals surface area contributed by atoms with Crippen LogP contribution in [0.2, 0.25) is 0 Å². The molecular weight excluding hydrogens is 241 g/mol. The lowest BCUT2D eigenvalue weighted by Crippen LogP contribution is -1.99. The Morgan fingerprint density at radius 1 is 1.47 bits per heavy atom. The van der Waals surface area contributed by atoms with Gasteiger partial charge in [-0.3, -0.25) is 0 Å². The average Bonchev–Trinajstić information content (AvgIpc) is 2.64. The Kier molecular flexibility index (Phi) is 3.44. The highest BCUT2D eigenvalue weighted by Gasteiger charge is 2.15. The van der Waals surface area contributed by atoms with Gasteiger partial charge < -0.3 is 9.67 Å². The molecule has 0 saturated carbocycles. The molecule has 1 N–H and O–H groups in total. The highest BCUT2D eigenvalue weighted by molar-refractivity contribution is 7.99. The third-order valence-electron chi connectivity index (χ3n) is 2.30. The van der Waals surface area contributed by atoms with E-state index in [-0.39, 0.29) is 0 Å². The molecule has 0 saturated heterocycles. The Bertz CT molecular complexity index is 527. The maximum Gasteiger partial charge on any atom is 0.195 e. The Labute approximate surface area is 102 Å². The maximum atomic E-state index is 13.6. The van der Waals surface area contributed by atoms with E-state index in [9.17, 15) is 9.50 Å². The molecule has 1 atom stereocenters. The number of nitrogens with zero attached hydrogens (tertiary/aromatic N) is 3. The molecule has 1 aromatic heterocycles. The minimum Gasteiger partial charge on any atom is -0.389 e. The minimum atomic E-state index is -0.855. The van der Waals surface area contributed by atoms with E-state index in [0.717, 1.165) is 0 Å². The van der Waals surface area contributed by atoms with E-state index >= 15 is 0 Å². The Morgan fingerprint density at radius 2 is 2.24 bits per heavy atom. The zero-order chi connectivity index (χ0) is 12.4. The normalized spacial score (nSPS) is 12.7. The first-order chi connectivity index (χ1) is 8.09. The van der Waals surface area contributed by atoms with Gasteiger partial charge in [-0.15, -0.1) is 10.2 Å². The maximum absolute atomic E-state index is 13.6. The lowest BCUT2D eigenvalue weighted by Gasteiger charge is -2.11. The summed E-state index contributed by atoms with van der Waals surface area (Å²) >= 11 is 1.28. The van der Waals surface area contributed by atoms with Crippen LogP contribution >= 0.6 is 11.8 Å². The molecule has 0 aliphatic rings. The fraction of sp³-hybridized carbons (Fsp3) is 0.273.